The first-order valence-electron chi connectivity index (χ1n) is 9.88. The van der Waals surface area contributed by atoms with E-state index in [4.69, 9.17) is 0 Å². The molecule has 1 saturated heterocycles. The van der Waals surface area contributed by atoms with E-state index in [1.807, 2.05) is 23.1 Å². The highest BCUT2D eigenvalue weighted by Gasteiger charge is 2.54. The third-order valence-electron chi connectivity index (χ3n) is 6.41. The average Bonchev–Trinajstić information content (AvgIpc) is 3.42. The van der Waals surface area contributed by atoms with Crippen LogP contribution in [0.25, 0.3) is 0 Å². The molecule has 2 fully saturated rings. The van der Waals surface area contributed by atoms with Gasteiger partial charge < -0.3 is 20.2 Å². The topological polar surface area (TPSA) is 55.8 Å². The van der Waals surface area contributed by atoms with Gasteiger partial charge in [-0.2, -0.15) is 0 Å². The fourth-order valence-electron chi connectivity index (χ4n) is 4.88. The van der Waals surface area contributed by atoms with Crippen molar-refractivity contribution in [3.05, 3.63) is 59.7 Å². The molecule has 5 rings (SSSR count). The Balaban J connectivity index is 1.19. The predicted molar refractivity (Wildman–Crippen MR) is 105 cm³/mol. The Hall–Kier alpha value is -2.69. The van der Waals surface area contributed by atoms with E-state index in [1.54, 1.807) is 6.07 Å². The minimum atomic E-state index is 0.0591. The molecule has 5 heteroatoms. The van der Waals surface area contributed by atoms with E-state index in [0.717, 1.165) is 25.2 Å². The fourth-order valence-corrected chi connectivity index (χ4v) is 4.88. The lowest BCUT2D eigenvalue weighted by atomic mass is 9.92. The number of hydrogen-bond acceptors (Lipinski definition) is 3. The number of piperazine rings is 1. The summed E-state index contributed by atoms with van der Waals surface area (Å²) in [5.74, 6) is 1.41. The molecule has 1 saturated carbocycles. The van der Waals surface area contributed by atoms with Crippen molar-refractivity contribution in [1.29, 1.82) is 0 Å². The van der Waals surface area contributed by atoms with Crippen molar-refractivity contribution in [2.24, 2.45) is 5.92 Å². The molecule has 0 aromatic heterocycles. The smallest absolute Gasteiger partial charge is 0.317 e. The van der Waals surface area contributed by atoms with E-state index in [1.165, 1.54) is 17.5 Å². The van der Waals surface area contributed by atoms with Crippen molar-refractivity contribution in [2.45, 2.75) is 24.8 Å². The van der Waals surface area contributed by atoms with Gasteiger partial charge in [0.15, 0.2) is 0 Å². The first kappa shape index (κ1) is 16.5. The molecule has 3 unspecified atom stereocenters. The van der Waals surface area contributed by atoms with Crippen molar-refractivity contribution in [3.8, 4) is 5.75 Å². The minimum Gasteiger partial charge on any atom is -0.506 e. The molecule has 2 aliphatic carbocycles. The number of rotatable bonds is 2. The number of phenols is 1. The van der Waals surface area contributed by atoms with Crippen LogP contribution in [0, 0.1) is 5.92 Å². The van der Waals surface area contributed by atoms with E-state index >= 15 is 0 Å². The second-order valence-corrected chi connectivity index (χ2v) is 7.87. The standard InChI is InChI=1S/C22H25N3O2/c26-19-8-4-3-7-18(19)24-11-13-25(14-12-24)22(27)23-21-17-10-9-15-5-1-2-6-16(15)20(17)21/h1-8,17,20-21,26H,9-14H2,(H,23,27). The number of carbonyl (C=O) groups is 1. The summed E-state index contributed by atoms with van der Waals surface area (Å²) in [6, 6.07) is 16.4. The Morgan fingerprint density at radius 3 is 2.56 bits per heavy atom. The van der Waals surface area contributed by atoms with Crippen LogP contribution in [0.1, 0.15) is 23.5 Å². The van der Waals surface area contributed by atoms with Gasteiger partial charge in [0.1, 0.15) is 5.75 Å². The summed E-state index contributed by atoms with van der Waals surface area (Å²) < 4.78 is 0. The number of nitrogens with zero attached hydrogens (tertiary/aromatic N) is 2. The Morgan fingerprint density at radius 2 is 1.74 bits per heavy atom. The summed E-state index contributed by atoms with van der Waals surface area (Å²) in [6.07, 6.45) is 2.30. The Labute approximate surface area is 159 Å². The molecular weight excluding hydrogens is 338 g/mol. The lowest BCUT2D eigenvalue weighted by Crippen LogP contribution is -2.52. The summed E-state index contributed by atoms with van der Waals surface area (Å²) in [7, 11) is 0. The number of benzene rings is 2. The normalized spacial score (nSPS) is 26.1. The monoisotopic (exact) mass is 363 g/mol. The van der Waals surface area contributed by atoms with Crippen LogP contribution in [-0.4, -0.2) is 48.3 Å². The van der Waals surface area contributed by atoms with Gasteiger partial charge in [-0.05, 0) is 42.0 Å². The maximum absolute atomic E-state index is 12.8. The van der Waals surface area contributed by atoms with Gasteiger partial charge in [-0.1, -0.05) is 36.4 Å². The third kappa shape index (κ3) is 2.91. The van der Waals surface area contributed by atoms with Crippen molar-refractivity contribution in [2.75, 3.05) is 31.1 Å². The van der Waals surface area contributed by atoms with Crippen LogP contribution in [-0.2, 0) is 6.42 Å². The zero-order chi connectivity index (χ0) is 18.4. The molecule has 1 aliphatic heterocycles. The van der Waals surface area contributed by atoms with Crippen molar-refractivity contribution in [3.63, 3.8) is 0 Å². The van der Waals surface area contributed by atoms with E-state index in [9.17, 15) is 9.90 Å². The lowest BCUT2D eigenvalue weighted by Gasteiger charge is -2.36. The highest BCUT2D eigenvalue weighted by Crippen LogP contribution is 2.54. The van der Waals surface area contributed by atoms with E-state index < -0.39 is 0 Å². The first-order valence-corrected chi connectivity index (χ1v) is 9.88. The molecular formula is C22H25N3O2. The number of anilines is 1. The quantitative estimate of drug-likeness (QED) is 0.863. The zero-order valence-electron chi connectivity index (χ0n) is 15.3. The molecule has 2 amide bonds. The van der Waals surface area contributed by atoms with Crippen LogP contribution < -0.4 is 10.2 Å². The van der Waals surface area contributed by atoms with E-state index in [0.29, 0.717) is 30.7 Å². The molecule has 0 bridgehead atoms. The predicted octanol–water partition coefficient (Wildman–Crippen LogP) is 2.95. The number of aryl methyl sites for hydroxylation is 1. The summed E-state index contributed by atoms with van der Waals surface area (Å²) in [5, 5.41) is 13.3. The summed E-state index contributed by atoms with van der Waals surface area (Å²) in [5.41, 5.74) is 3.73. The van der Waals surface area contributed by atoms with Crippen LogP contribution in [0.15, 0.2) is 48.5 Å². The summed E-state index contributed by atoms with van der Waals surface area (Å²) in [6.45, 7) is 2.84. The highest BCUT2D eigenvalue weighted by molar-refractivity contribution is 5.76. The SMILES string of the molecule is O=C(NC1C2CCc3ccccc3C21)N1CCN(c2ccccc2O)CC1. The lowest BCUT2D eigenvalue weighted by molar-refractivity contribution is 0.193. The number of urea groups is 1. The number of aromatic hydroxyl groups is 1. The number of phenolic OH excluding ortho intramolecular Hbond substituents is 1. The molecule has 5 nitrogen and oxygen atoms in total. The molecule has 1 heterocycles. The van der Waals surface area contributed by atoms with Gasteiger partial charge in [0, 0.05) is 38.1 Å². The van der Waals surface area contributed by atoms with Crippen LogP contribution in [0.5, 0.6) is 5.75 Å². The molecule has 2 aromatic rings. The van der Waals surface area contributed by atoms with Gasteiger partial charge >= 0.3 is 6.03 Å². The van der Waals surface area contributed by atoms with E-state index in [-0.39, 0.29) is 12.1 Å². The fraction of sp³-hybridized carbons (Fsp3) is 0.409. The summed E-state index contributed by atoms with van der Waals surface area (Å²) >= 11 is 0. The number of fused-ring (bicyclic) bond motifs is 3. The van der Waals surface area contributed by atoms with Crippen molar-refractivity contribution >= 4 is 11.7 Å². The number of para-hydroxylation sites is 2. The first-order chi connectivity index (χ1) is 13.2. The highest BCUT2D eigenvalue weighted by atomic mass is 16.3. The van der Waals surface area contributed by atoms with Crippen LogP contribution in [0.2, 0.25) is 0 Å². The Morgan fingerprint density at radius 1 is 1.00 bits per heavy atom. The molecule has 140 valence electrons. The van der Waals surface area contributed by atoms with Gasteiger partial charge in [-0.25, -0.2) is 4.79 Å². The van der Waals surface area contributed by atoms with Crippen LogP contribution in [0.3, 0.4) is 0 Å². The number of nitrogens with one attached hydrogen (secondary N) is 1. The van der Waals surface area contributed by atoms with Crippen molar-refractivity contribution in [1.82, 2.24) is 10.2 Å². The van der Waals surface area contributed by atoms with Crippen molar-refractivity contribution < 1.29 is 9.90 Å². The number of carbonyl (C=O) groups excluding carboxylic acids is 1. The maximum atomic E-state index is 12.8. The van der Waals surface area contributed by atoms with Gasteiger partial charge in [-0.15, -0.1) is 0 Å². The van der Waals surface area contributed by atoms with E-state index in [2.05, 4.69) is 34.5 Å². The second-order valence-electron chi connectivity index (χ2n) is 7.87. The molecule has 3 atom stereocenters. The second kappa shape index (κ2) is 6.48. The van der Waals surface area contributed by atoms with Crippen LogP contribution in [0.4, 0.5) is 10.5 Å². The number of amides is 2. The Bertz CT molecular complexity index is 860. The Kier molecular flexibility index (Phi) is 3.96. The van der Waals surface area contributed by atoms with Gasteiger partial charge in [-0.3, -0.25) is 0 Å². The zero-order valence-corrected chi connectivity index (χ0v) is 15.3. The van der Waals surface area contributed by atoms with Gasteiger partial charge in [0.25, 0.3) is 0 Å². The minimum absolute atomic E-state index is 0.0591. The molecule has 2 aromatic carbocycles. The largest absolute Gasteiger partial charge is 0.506 e. The molecule has 3 aliphatic rings. The average molecular weight is 363 g/mol. The van der Waals surface area contributed by atoms with Gasteiger partial charge in [0.05, 0.1) is 5.69 Å². The maximum Gasteiger partial charge on any atom is 0.317 e. The number of hydrogen-bond donors (Lipinski definition) is 2. The molecule has 0 spiro atoms. The molecule has 27 heavy (non-hydrogen) atoms. The van der Waals surface area contributed by atoms with Gasteiger partial charge in [0.2, 0.25) is 0 Å². The third-order valence-corrected chi connectivity index (χ3v) is 6.41. The molecule has 2 N–H and O–H groups in total. The van der Waals surface area contributed by atoms with Crippen LogP contribution >= 0.6 is 0 Å². The molecule has 0 radical (unpaired) electrons. The summed E-state index contributed by atoms with van der Waals surface area (Å²) in [4.78, 5) is 16.8.